The van der Waals surface area contributed by atoms with Crippen molar-refractivity contribution in [1.82, 2.24) is 15.3 Å². The molecule has 30 heavy (non-hydrogen) atoms. The maximum atomic E-state index is 12.4. The number of nitrogens with zero attached hydrogens (tertiary/aromatic N) is 3. The molecule has 3 rings (SSSR count). The Bertz CT molecular complexity index is 874. The third-order valence-electron chi connectivity index (χ3n) is 5.14. The molecule has 1 aromatic carbocycles. The van der Waals surface area contributed by atoms with Gasteiger partial charge >= 0.3 is 0 Å². The number of benzene rings is 1. The smallest absolute Gasteiger partial charge is 0.270 e. The van der Waals surface area contributed by atoms with Crippen molar-refractivity contribution in [2.45, 2.75) is 49.6 Å². The molecule has 9 heteroatoms. The highest BCUT2D eigenvalue weighted by atomic mass is 35.5. The molecule has 2 N–H and O–H groups in total. The topological polar surface area (TPSA) is 93.2 Å². The minimum atomic E-state index is -1.45. The van der Waals surface area contributed by atoms with Gasteiger partial charge in [-0.15, -0.1) is 0 Å². The van der Waals surface area contributed by atoms with E-state index in [0.717, 1.165) is 37.1 Å². The Morgan fingerprint density at radius 3 is 2.57 bits per heavy atom. The van der Waals surface area contributed by atoms with Crippen molar-refractivity contribution in [1.29, 1.82) is 0 Å². The van der Waals surface area contributed by atoms with E-state index in [0.29, 0.717) is 15.9 Å². The molecule has 7 nitrogen and oxygen atoms in total. The first-order valence-corrected chi connectivity index (χ1v) is 11.7. The van der Waals surface area contributed by atoms with Crippen molar-refractivity contribution in [2.24, 2.45) is 0 Å². The Hall–Kier alpha value is -2.03. The number of carbonyl (C=O) groups excluding carboxylic acids is 1. The standard InChI is InChI=1S/C21H28ClN5O2S/c1-14-12-23-21(26-20(14)27(2)3)25-16-10-8-15(9-11-16)24-19(28)13-30(29)18-7-5-4-6-17(18)22/h4-7,12,15-16H,8-11,13H2,1-3H3,(H,24,28)(H,23,25,26). The molecule has 0 bridgehead atoms. The Kier molecular flexibility index (Phi) is 7.80. The molecular weight excluding hydrogens is 422 g/mol. The van der Waals surface area contributed by atoms with Gasteiger partial charge in [0.25, 0.3) is 5.91 Å². The summed E-state index contributed by atoms with van der Waals surface area (Å²) >= 11 is 4.62. The number of aryl methyl sites for hydroxylation is 1. The number of hydrogen-bond acceptors (Lipinski definition) is 6. The van der Waals surface area contributed by atoms with E-state index in [-0.39, 0.29) is 23.7 Å². The van der Waals surface area contributed by atoms with Crippen LogP contribution in [0, 0.1) is 6.92 Å². The zero-order valence-corrected chi connectivity index (χ0v) is 19.1. The van der Waals surface area contributed by atoms with Crippen LogP contribution in [0.15, 0.2) is 35.4 Å². The van der Waals surface area contributed by atoms with Crippen LogP contribution in [0.1, 0.15) is 31.2 Å². The lowest BCUT2D eigenvalue weighted by atomic mass is 9.91. The van der Waals surface area contributed by atoms with Crippen molar-refractivity contribution in [2.75, 3.05) is 30.1 Å². The van der Waals surface area contributed by atoms with E-state index in [4.69, 9.17) is 11.6 Å². The van der Waals surface area contributed by atoms with Crippen LogP contribution in [-0.4, -0.2) is 52.4 Å². The maximum Gasteiger partial charge on any atom is 0.270 e. The second kappa shape index (κ2) is 10.3. The van der Waals surface area contributed by atoms with Crippen LogP contribution in [0.2, 0.25) is 5.02 Å². The number of anilines is 2. The summed E-state index contributed by atoms with van der Waals surface area (Å²) in [7, 11) is 3.93. The zero-order valence-electron chi connectivity index (χ0n) is 17.5. The molecular formula is C21H28ClN5O2S. The predicted octanol–water partition coefficient (Wildman–Crippen LogP) is 3.15. The number of rotatable bonds is 7. The minimum Gasteiger partial charge on any atom is -0.611 e. The molecule has 1 heterocycles. The molecule has 1 atom stereocenters. The summed E-state index contributed by atoms with van der Waals surface area (Å²) in [5.74, 6) is 1.25. The zero-order chi connectivity index (χ0) is 21.7. The van der Waals surface area contributed by atoms with Gasteiger partial charge in [-0.25, -0.2) is 4.98 Å². The van der Waals surface area contributed by atoms with Crippen LogP contribution in [-0.2, 0) is 16.0 Å². The number of hydrogen-bond donors (Lipinski definition) is 2. The Labute approximate surface area is 185 Å². The van der Waals surface area contributed by atoms with Gasteiger partial charge in [-0.2, -0.15) is 4.98 Å². The largest absolute Gasteiger partial charge is 0.611 e. The summed E-state index contributed by atoms with van der Waals surface area (Å²) in [5.41, 5.74) is 1.03. The van der Waals surface area contributed by atoms with Crippen molar-refractivity contribution in [3.63, 3.8) is 0 Å². The third kappa shape index (κ3) is 6.00. The van der Waals surface area contributed by atoms with Crippen molar-refractivity contribution in [3.8, 4) is 0 Å². The molecule has 0 radical (unpaired) electrons. The molecule has 1 aliphatic rings. The lowest BCUT2D eigenvalue weighted by Crippen LogP contribution is -2.42. The molecule has 0 aliphatic heterocycles. The number of nitrogens with one attached hydrogen (secondary N) is 2. The number of aromatic nitrogens is 2. The summed E-state index contributed by atoms with van der Waals surface area (Å²) in [5, 5.41) is 6.85. The summed E-state index contributed by atoms with van der Waals surface area (Å²) in [6.45, 7) is 1.99. The highest BCUT2D eigenvalue weighted by Crippen LogP contribution is 2.24. The van der Waals surface area contributed by atoms with Gasteiger partial charge in [-0.3, -0.25) is 4.79 Å². The van der Waals surface area contributed by atoms with E-state index in [9.17, 15) is 9.35 Å². The lowest BCUT2D eigenvalue weighted by molar-refractivity contribution is -0.119. The Balaban J connectivity index is 1.46. The quantitative estimate of drug-likeness (QED) is 0.630. The van der Waals surface area contributed by atoms with Gasteiger partial charge in [0.15, 0.2) is 10.6 Å². The fraction of sp³-hybridized carbons (Fsp3) is 0.476. The molecule has 1 unspecified atom stereocenters. The molecule has 1 amide bonds. The van der Waals surface area contributed by atoms with Gasteiger partial charge in [0.05, 0.1) is 5.02 Å². The average molecular weight is 450 g/mol. The molecule has 1 fully saturated rings. The van der Waals surface area contributed by atoms with Crippen molar-refractivity contribution < 1.29 is 9.35 Å². The van der Waals surface area contributed by atoms with Gasteiger partial charge < -0.3 is 20.1 Å². The number of halogens is 1. The van der Waals surface area contributed by atoms with Gasteiger partial charge in [-0.1, -0.05) is 23.7 Å². The molecule has 1 saturated carbocycles. The highest BCUT2D eigenvalue weighted by Gasteiger charge is 2.25. The fourth-order valence-electron chi connectivity index (χ4n) is 3.62. The Morgan fingerprint density at radius 2 is 1.90 bits per heavy atom. The van der Waals surface area contributed by atoms with Crippen LogP contribution < -0.4 is 15.5 Å². The molecule has 162 valence electrons. The fourth-order valence-corrected chi connectivity index (χ4v) is 5.00. The third-order valence-corrected chi connectivity index (χ3v) is 6.95. The molecule has 0 saturated heterocycles. The van der Waals surface area contributed by atoms with Gasteiger partial charge in [0.1, 0.15) is 5.82 Å². The van der Waals surface area contributed by atoms with Crippen molar-refractivity contribution >= 4 is 40.5 Å². The number of amides is 1. The molecule has 2 aromatic rings. The molecule has 1 aliphatic carbocycles. The summed E-state index contributed by atoms with van der Waals surface area (Å²) in [6, 6.07) is 7.28. The highest BCUT2D eigenvalue weighted by molar-refractivity contribution is 7.92. The maximum absolute atomic E-state index is 12.4. The summed E-state index contributed by atoms with van der Waals surface area (Å²) in [6.07, 6.45) is 5.36. The van der Waals surface area contributed by atoms with Crippen LogP contribution in [0.3, 0.4) is 0 Å². The molecule has 0 spiro atoms. The minimum absolute atomic E-state index is 0.0770. The van der Waals surface area contributed by atoms with Crippen molar-refractivity contribution in [3.05, 3.63) is 41.0 Å². The summed E-state index contributed by atoms with van der Waals surface area (Å²) < 4.78 is 12.4. The van der Waals surface area contributed by atoms with Crippen LogP contribution in [0.4, 0.5) is 11.8 Å². The Morgan fingerprint density at radius 1 is 1.23 bits per heavy atom. The first-order chi connectivity index (χ1) is 14.3. The average Bonchev–Trinajstić information content (AvgIpc) is 2.71. The van der Waals surface area contributed by atoms with E-state index in [1.807, 2.05) is 32.1 Å². The van der Waals surface area contributed by atoms with Gasteiger partial charge in [0.2, 0.25) is 5.95 Å². The predicted molar refractivity (Wildman–Crippen MR) is 122 cm³/mol. The van der Waals surface area contributed by atoms with E-state index < -0.39 is 11.2 Å². The van der Waals surface area contributed by atoms with E-state index in [1.54, 1.807) is 24.3 Å². The second-order valence-electron chi connectivity index (χ2n) is 7.78. The first-order valence-electron chi connectivity index (χ1n) is 10.0. The molecule has 1 aromatic heterocycles. The number of carbonyl (C=O) groups is 1. The van der Waals surface area contributed by atoms with Crippen LogP contribution in [0.25, 0.3) is 0 Å². The van der Waals surface area contributed by atoms with E-state index in [1.165, 1.54) is 0 Å². The monoisotopic (exact) mass is 449 g/mol. The first kappa shape index (κ1) is 22.7. The lowest BCUT2D eigenvalue weighted by Gasteiger charge is -2.30. The van der Waals surface area contributed by atoms with Gasteiger partial charge in [-0.05, 0) is 55.9 Å². The SMILES string of the molecule is Cc1cnc(NC2CCC(NC(=O)C[S+]([O-])c3ccccc3Cl)CC2)nc1N(C)C. The second-order valence-corrected chi connectivity index (χ2v) is 9.60. The van der Waals surface area contributed by atoms with E-state index >= 15 is 0 Å². The summed E-state index contributed by atoms with van der Waals surface area (Å²) in [4.78, 5) is 23.8. The van der Waals surface area contributed by atoms with Crippen LogP contribution >= 0.6 is 11.6 Å². The van der Waals surface area contributed by atoms with Gasteiger partial charge in [0, 0.05) is 37.9 Å². The normalized spacial score (nSPS) is 19.8. The van der Waals surface area contributed by atoms with Crippen LogP contribution in [0.5, 0.6) is 0 Å². The van der Waals surface area contributed by atoms with E-state index in [2.05, 4.69) is 20.6 Å².